The molecule has 1 rings (SSSR count). The molecule has 70 valence electrons. The molecule has 0 N–H and O–H groups in total. The van der Waals surface area contributed by atoms with Crippen molar-refractivity contribution in [1.82, 2.24) is 0 Å². The molecule has 2 heteroatoms. The zero-order valence-corrected chi connectivity index (χ0v) is 6.14. The molecule has 0 bridgehead atoms. The summed E-state index contributed by atoms with van der Waals surface area (Å²) in [5.41, 5.74) is 0. The highest BCUT2D eigenvalue weighted by molar-refractivity contribution is 4.69. The van der Waals surface area contributed by atoms with Gasteiger partial charge in [-0.15, -0.1) is 0 Å². The maximum absolute atomic E-state index is 5.42. The third-order valence-corrected chi connectivity index (χ3v) is 1.89. The van der Waals surface area contributed by atoms with Crippen LogP contribution in [0.5, 0.6) is 0 Å². The third kappa shape index (κ3) is 2.80. The lowest BCUT2D eigenvalue weighted by Gasteiger charge is -2.23. The minimum atomic E-state index is -0.222. The molecule has 0 atom stereocenters. The molecule has 0 aromatic carbocycles. The first kappa shape index (κ1) is 13.5. The molecule has 0 aliphatic carbocycles. The SMILES string of the molecule is C.C.CCC1(CC)OCCO1. The molecule has 0 saturated carbocycles. The number of rotatable bonds is 2. The van der Waals surface area contributed by atoms with Gasteiger partial charge >= 0.3 is 0 Å². The predicted octanol–water partition coefficient (Wildman–Crippen LogP) is 2.82. The van der Waals surface area contributed by atoms with Gasteiger partial charge in [-0.2, -0.15) is 0 Å². The number of ether oxygens (including phenoxy) is 2. The van der Waals surface area contributed by atoms with E-state index >= 15 is 0 Å². The Labute approximate surface area is 70.9 Å². The van der Waals surface area contributed by atoms with Crippen LogP contribution in [0, 0.1) is 0 Å². The summed E-state index contributed by atoms with van der Waals surface area (Å²) in [6.45, 7) is 5.72. The van der Waals surface area contributed by atoms with Crippen molar-refractivity contribution in [1.29, 1.82) is 0 Å². The van der Waals surface area contributed by atoms with Gasteiger partial charge in [0.15, 0.2) is 5.79 Å². The van der Waals surface area contributed by atoms with Crippen LogP contribution in [-0.2, 0) is 9.47 Å². The van der Waals surface area contributed by atoms with Crippen molar-refractivity contribution in [2.45, 2.75) is 47.3 Å². The molecule has 1 aliphatic rings. The average molecular weight is 162 g/mol. The summed E-state index contributed by atoms with van der Waals surface area (Å²) in [7, 11) is 0. The summed E-state index contributed by atoms with van der Waals surface area (Å²) >= 11 is 0. The molecule has 11 heavy (non-hydrogen) atoms. The molecule has 1 saturated heterocycles. The third-order valence-electron chi connectivity index (χ3n) is 1.89. The van der Waals surface area contributed by atoms with Gasteiger partial charge in [-0.1, -0.05) is 28.7 Å². The lowest BCUT2D eigenvalue weighted by molar-refractivity contribution is -0.160. The lowest BCUT2D eigenvalue weighted by atomic mass is 10.1. The van der Waals surface area contributed by atoms with Gasteiger partial charge in [-0.25, -0.2) is 0 Å². The van der Waals surface area contributed by atoms with Gasteiger partial charge in [-0.05, 0) is 12.8 Å². The molecule has 0 radical (unpaired) electrons. The molecule has 1 heterocycles. The van der Waals surface area contributed by atoms with Crippen LogP contribution in [-0.4, -0.2) is 19.0 Å². The Balaban J connectivity index is 0. The quantitative estimate of drug-likeness (QED) is 0.621. The first-order chi connectivity index (χ1) is 4.33. The summed E-state index contributed by atoms with van der Waals surface area (Å²) in [5, 5.41) is 0. The van der Waals surface area contributed by atoms with Gasteiger partial charge in [-0.3, -0.25) is 0 Å². The van der Waals surface area contributed by atoms with Crippen LogP contribution in [0.4, 0.5) is 0 Å². The van der Waals surface area contributed by atoms with Gasteiger partial charge in [0, 0.05) is 0 Å². The van der Waals surface area contributed by atoms with Gasteiger partial charge < -0.3 is 9.47 Å². The fourth-order valence-corrected chi connectivity index (χ4v) is 1.16. The Hall–Kier alpha value is -0.0800. The van der Waals surface area contributed by atoms with Crippen LogP contribution in [0.15, 0.2) is 0 Å². The van der Waals surface area contributed by atoms with Gasteiger partial charge in [0.25, 0.3) is 0 Å². The normalized spacial score (nSPS) is 20.2. The summed E-state index contributed by atoms with van der Waals surface area (Å²) in [5.74, 6) is -0.222. The van der Waals surface area contributed by atoms with Crippen LogP contribution in [0.3, 0.4) is 0 Å². The Morgan fingerprint density at radius 3 is 1.55 bits per heavy atom. The van der Waals surface area contributed by atoms with Gasteiger partial charge in [0.05, 0.1) is 13.2 Å². The van der Waals surface area contributed by atoms with Crippen LogP contribution < -0.4 is 0 Å². The molecule has 1 fully saturated rings. The van der Waals surface area contributed by atoms with E-state index in [1.165, 1.54) is 0 Å². The van der Waals surface area contributed by atoms with Gasteiger partial charge in [0.1, 0.15) is 0 Å². The minimum Gasteiger partial charge on any atom is -0.348 e. The average Bonchev–Trinajstić information content (AvgIpc) is 2.36. The van der Waals surface area contributed by atoms with E-state index in [4.69, 9.17) is 9.47 Å². The van der Waals surface area contributed by atoms with Crippen LogP contribution in [0.1, 0.15) is 41.5 Å². The summed E-state index contributed by atoms with van der Waals surface area (Å²) < 4.78 is 10.8. The highest BCUT2D eigenvalue weighted by Crippen LogP contribution is 2.25. The molecule has 0 spiro atoms. The molecule has 2 nitrogen and oxygen atoms in total. The monoisotopic (exact) mass is 162 g/mol. The second-order valence-electron chi connectivity index (χ2n) is 2.31. The fraction of sp³-hybridized carbons (Fsp3) is 1.00. The molecular formula is C9H22O2. The Morgan fingerprint density at radius 2 is 1.36 bits per heavy atom. The molecule has 0 aromatic heterocycles. The Morgan fingerprint density at radius 1 is 1.00 bits per heavy atom. The first-order valence-corrected chi connectivity index (χ1v) is 3.61. The molecule has 0 amide bonds. The van der Waals surface area contributed by atoms with Crippen LogP contribution >= 0.6 is 0 Å². The van der Waals surface area contributed by atoms with E-state index in [-0.39, 0.29) is 20.6 Å². The van der Waals surface area contributed by atoms with Crippen LogP contribution in [0.25, 0.3) is 0 Å². The first-order valence-electron chi connectivity index (χ1n) is 3.61. The number of hydrogen-bond acceptors (Lipinski definition) is 2. The van der Waals surface area contributed by atoms with E-state index in [1.54, 1.807) is 0 Å². The van der Waals surface area contributed by atoms with E-state index in [0.717, 1.165) is 26.1 Å². The second kappa shape index (κ2) is 5.56. The maximum Gasteiger partial charge on any atom is 0.167 e. The largest absolute Gasteiger partial charge is 0.348 e. The highest BCUT2D eigenvalue weighted by atomic mass is 16.7. The van der Waals surface area contributed by atoms with Gasteiger partial charge in [0.2, 0.25) is 0 Å². The van der Waals surface area contributed by atoms with E-state index in [1.807, 2.05) is 0 Å². The van der Waals surface area contributed by atoms with Crippen molar-refractivity contribution in [3.8, 4) is 0 Å². The predicted molar refractivity (Wildman–Crippen MR) is 48.7 cm³/mol. The summed E-state index contributed by atoms with van der Waals surface area (Å²) in [6, 6.07) is 0. The lowest BCUT2D eigenvalue weighted by Crippen LogP contribution is -2.27. The molecule has 0 aromatic rings. The van der Waals surface area contributed by atoms with Crippen molar-refractivity contribution in [2.24, 2.45) is 0 Å². The summed E-state index contributed by atoms with van der Waals surface area (Å²) in [4.78, 5) is 0. The summed E-state index contributed by atoms with van der Waals surface area (Å²) in [6.07, 6.45) is 1.92. The minimum absolute atomic E-state index is 0. The smallest absolute Gasteiger partial charge is 0.167 e. The van der Waals surface area contributed by atoms with Crippen molar-refractivity contribution < 1.29 is 9.47 Å². The van der Waals surface area contributed by atoms with E-state index in [9.17, 15) is 0 Å². The van der Waals surface area contributed by atoms with Crippen LogP contribution in [0.2, 0.25) is 0 Å². The molecule has 0 unspecified atom stereocenters. The standard InChI is InChI=1S/C7H14O2.2CH4/c1-3-7(4-2)8-5-6-9-7;;/h3-6H2,1-2H3;2*1H4. The molecular weight excluding hydrogens is 140 g/mol. The zero-order chi connectivity index (χ0) is 6.74. The maximum atomic E-state index is 5.42. The second-order valence-corrected chi connectivity index (χ2v) is 2.31. The highest BCUT2D eigenvalue weighted by Gasteiger charge is 2.31. The Kier molecular flexibility index (Phi) is 6.82. The van der Waals surface area contributed by atoms with Crippen molar-refractivity contribution in [3.63, 3.8) is 0 Å². The van der Waals surface area contributed by atoms with E-state index in [0.29, 0.717) is 0 Å². The van der Waals surface area contributed by atoms with E-state index < -0.39 is 0 Å². The topological polar surface area (TPSA) is 18.5 Å². The van der Waals surface area contributed by atoms with Crippen molar-refractivity contribution >= 4 is 0 Å². The van der Waals surface area contributed by atoms with Crippen molar-refractivity contribution in [3.05, 3.63) is 0 Å². The van der Waals surface area contributed by atoms with Crippen molar-refractivity contribution in [2.75, 3.05) is 13.2 Å². The van der Waals surface area contributed by atoms with E-state index in [2.05, 4.69) is 13.8 Å². The number of hydrogen-bond donors (Lipinski definition) is 0. The zero-order valence-electron chi connectivity index (χ0n) is 6.14. The fourth-order valence-electron chi connectivity index (χ4n) is 1.16. The Bertz CT molecular complexity index is 79.6. The molecule has 1 aliphatic heterocycles.